The summed E-state index contributed by atoms with van der Waals surface area (Å²) in [5.74, 6) is 0.739. The molecule has 2 N–H and O–H groups in total. The van der Waals surface area contributed by atoms with E-state index >= 15 is 0 Å². The zero-order chi connectivity index (χ0) is 22.1. The van der Waals surface area contributed by atoms with Crippen molar-refractivity contribution in [2.45, 2.75) is 32.4 Å². The van der Waals surface area contributed by atoms with Gasteiger partial charge in [-0.1, -0.05) is 24.3 Å². The lowest BCUT2D eigenvalue weighted by molar-refractivity contribution is -0.00863. The predicted molar refractivity (Wildman–Crippen MR) is 120 cm³/mol. The van der Waals surface area contributed by atoms with E-state index in [1.54, 1.807) is 0 Å². The van der Waals surface area contributed by atoms with Crippen molar-refractivity contribution < 1.29 is 14.3 Å². The number of ether oxygens (including phenoxy) is 2. The monoisotopic (exact) mass is 422 g/mol. The molecular formula is C24H30N4O3. The van der Waals surface area contributed by atoms with E-state index in [2.05, 4.69) is 35.5 Å². The summed E-state index contributed by atoms with van der Waals surface area (Å²) in [5.41, 5.74) is 2.49. The maximum absolute atomic E-state index is 12.4. The van der Waals surface area contributed by atoms with Gasteiger partial charge < -0.3 is 20.1 Å². The number of nitrogens with one attached hydrogen (secondary N) is 2. The summed E-state index contributed by atoms with van der Waals surface area (Å²) in [6.07, 6.45) is 0.389. The average molecular weight is 423 g/mol. The van der Waals surface area contributed by atoms with Crippen molar-refractivity contribution in [3.8, 4) is 11.8 Å². The molecule has 0 unspecified atom stereocenters. The van der Waals surface area contributed by atoms with Gasteiger partial charge in [-0.2, -0.15) is 5.26 Å². The fourth-order valence-corrected chi connectivity index (χ4v) is 3.45. The molecule has 0 spiro atoms. The minimum atomic E-state index is -0.229. The maximum Gasteiger partial charge on any atom is 0.319 e. The fourth-order valence-electron chi connectivity index (χ4n) is 3.45. The molecule has 164 valence electrons. The molecule has 0 radical (unpaired) electrons. The summed E-state index contributed by atoms with van der Waals surface area (Å²) in [6.45, 7) is 8.40. The summed E-state index contributed by atoms with van der Waals surface area (Å²) < 4.78 is 11.2. The molecule has 0 saturated carbocycles. The number of benzene rings is 2. The number of carbonyl (C=O) groups excluding carboxylic acids is 1. The van der Waals surface area contributed by atoms with Crippen LogP contribution in [0.4, 0.5) is 10.5 Å². The maximum atomic E-state index is 12.4. The van der Waals surface area contributed by atoms with Gasteiger partial charge in [0.05, 0.1) is 25.7 Å². The molecule has 7 heteroatoms. The zero-order valence-electron chi connectivity index (χ0n) is 18.2. The molecule has 2 aromatic carbocycles. The van der Waals surface area contributed by atoms with Crippen LogP contribution in [0.1, 0.15) is 25.0 Å². The molecule has 3 rings (SSSR count). The van der Waals surface area contributed by atoms with Crippen molar-refractivity contribution in [3.05, 3.63) is 59.7 Å². The van der Waals surface area contributed by atoms with Crippen LogP contribution in [-0.2, 0) is 17.8 Å². The third-order valence-corrected chi connectivity index (χ3v) is 5.35. The van der Waals surface area contributed by atoms with Crippen LogP contribution in [0.25, 0.3) is 0 Å². The summed E-state index contributed by atoms with van der Waals surface area (Å²) >= 11 is 0. The zero-order valence-corrected chi connectivity index (χ0v) is 18.2. The second-order valence-electron chi connectivity index (χ2n) is 8.19. The van der Waals surface area contributed by atoms with E-state index in [-0.39, 0.29) is 11.6 Å². The lowest BCUT2D eigenvalue weighted by Gasteiger charge is -2.40. The number of hydrogen-bond donors (Lipinski definition) is 2. The van der Waals surface area contributed by atoms with Crippen LogP contribution >= 0.6 is 0 Å². The third-order valence-electron chi connectivity index (χ3n) is 5.35. The third kappa shape index (κ3) is 6.99. The average Bonchev–Trinajstić information content (AvgIpc) is 2.78. The molecule has 7 nitrogen and oxygen atoms in total. The Hall–Kier alpha value is -3.08. The van der Waals surface area contributed by atoms with Crippen LogP contribution in [0.5, 0.6) is 5.75 Å². The number of nitrogens with zero attached hydrogens (tertiary/aromatic N) is 2. The summed E-state index contributed by atoms with van der Waals surface area (Å²) in [7, 11) is 0. The first-order valence-electron chi connectivity index (χ1n) is 10.5. The van der Waals surface area contributed by atoms with Crippen molar-refractivity contribution in [1.29, 1.82) is 5.26 Å². The van der Waals surface area contributed by atoms with Crippen LogP contribution in [0.3, 0.4) is 0 Å². The summed E-state index contributed by atoms with van der Waals surface area (Å²) in [5, 5.41) is 14.6. The van der Waals surface area contributed by atoms with Crippen LogP contribution in [0.2, 0.25) is 0 Å². The molecule has 1 fully saturated rings. The minimum Gasteiger partial charge on any atom is -0.489 e. The Bertz CT molecular complexity index is 900. The molecule has 0 aromatic heterocycles. The van der Waals surface area contributed by atoms with Crippen LogP contribution < -0.4 is 15.4 Å². The van der Waals surface area contributed by atoms with Crippen LogP contribution in [0, 0.1) is 11.3 Å². The highest BCUT2D eigenvalue weighted by molar-refractivity contribution is 5.89. The normalized spacial score (nSPS) is 14.5. The topological polar surface area (TPSA) is 86.6 Å². The van der Waals surface area contributed by atoms with E-state index in [9.17, 15) is 4.79 Å². The number of nitriles is 1. The van der Waals surface area contributed by atoms with Crippen LogP contribution in [0.15, 0.2) is 48.5 Å². The molecule has 0 atom stereocenters. The molecular weight excluding hydrogens is 392 g/mol. The number of hydrogen-bond acceptors (Lipinski definition) is 5. The van der Waals surface area contributed by atoms with Crippen molar-refractivity contribution >= 4 is 11.7 Å². The molecule has 1 heterocycles. The lowest BCUT2D eigenvalue weighted by atomic mass is 10.0. The summed E-state index contributed by atoms with van der Waals surface area (Å²) in [4.78, 5) is 14.7. The Kier molecular flexibility index (Phi) is 7.88. The van der Waals surface area contributed by atoms with Crippen molar-refractivity contribution in [3.63, 3.8) is 0 Å². The number of carbonyl (C=O) groups is 1. The van der Waals surface area contributed by atoms with Gasteiger partial charge in [-0.05, 0) is 49.2 Å². The summed E-state index contributed by atoms with van der Waals surface area (Å²) in [6, 6.07) is 17.0. The largest absolute Gasteiger partial charge is 0.489 e. The molecule has 2 amide bonds. The highest BCUT2D eigenvalue weighted by atomic mass is 16.5. The second kappa shape index (κ2) is 10.8. The van der Waals surface area contributed by atoms with Crippen molar-refractivity contribution in [1.82, 2.24) is 10.2 Å². The smallest absolute Gasteiger partial charge is 0.319 e. The Morgan fingerprint density at radius 1 is 1.16 bits per heavy atom. The molecule has 1 aliphatic heterocycles. The van der Waals surface area contributed by atoms with E-state index in [1.807, 2.05) is 48.5 Å². The second-order valence-corrected chi connectivity index (χ2v) is 8.19. The SMILES string of the molecule is CC(C)(CNC(=O)Nc1cccc(COc2ccc(CC#N)cc2)c1)N1CCOCC1. The lowest BCUT2D eigenvalue weighted by Crippen LogP contribution is -2.55. The van der Waals surface area contributed by atoms with Gasteiger partial charge in [0.2, 0.25) is 0 Å². The van der Waals surface area contributed by atoms with Gasteiger partial charge in [0.15, 0.2) is 0 Å². The van der Waals surface area contributed by atoms with Gasteiger partial charge in [0.25, 0.3) is 0 Å². The van der Waals surface area contributed by atoms with Crippen molar-refractivity contribution in [2.24, 2.45) is 0 Å². The number of amides is 2. The Morgan fingerprint density at radius 2 is 1.90 bits per heavy atom. The Morgan fingerprint density at radius 3 is 2.61 bits per heavy atom. The molecule has 31 heavy (non-hydrogen) atoms. The van der Waals surface area contributed by atoms with E-state index < -0.39 is 0 Å². The Balaban J connectivity index is 1.48. The molecule has 1 aliphatic rings. The number of urea groups is 1. The first-order chi connectivity index (χ1) is 15.0. The van der Waals surface area contributed by atoms with E-state index in [0.717, 1.165) is 43.2 Å². The predicted octanol–water partition coefficient (Wildman–Crippen LogP) is 3.56. The van der Waals surface area contributed by atoms with Crippen LogP contribution in [-0.4, -0.2) is 49.3 Å². The van der Waals surface area contributed by atoms with Gasteiger partial charge in [0, 0.05) is 30.9 Å². The van der Waals surface area contributed by atoms with E-state index in [0.29, 0.717) is 25.3 Å². The van der Waals surface area contributed by atoms with E-state index in [4.69, 9.17) is 14.7 Å². The fraction of sp³-hybridized carbons (Fsp3) is 0.417. The van der Waals surface area contributed by atoms with Gasteiger partial charge >= 0.3 is 6.03 Å². The van der Waals surface area contributed by atoms with Gasteiger partial charge in [0.1, 0.15) is 12.4 Å². The van der Waals surface area contributed by atoms with Gasteiger partial charge in [-0.3, -0.25) is 4.90 Å². The highest BCUT2D eigenvalue weighted by Crippen LogP contribution is 2.17. The molecule has 2 aromatic rings. The molecule has 0 bridgehead atoms. The molecule has 1 saturated heterocycles. The highest BCUT2D eigenvalue weighted by Gasteiger charge is 2.28. The number of anilines is 1. The standard InChI is InChI=1S/C24H30N4O3/c1-24(2,28-12-14-30-15-13-28)18-26-23(29)27-21-5-3-4-20(16-21)17-31-22-8-6-19(7-9-22)10-11-25/h3-9,16H,10,12-15,17-18H2,1-2H3,(H2,26,27,29). The van der Waals surface area contributed by atoms with Gasteiger partial charge in [-0.15, -0.1) is 0 Å². The van der Waals surface area contributed by atoms with Gasteiger partial charge in [-0.25, -0.2) is 4.79 Å². The Labute approximate surface area is 184 Å². The van der Waals surface area contributed by atoms with Crippen molar-refractivity contribution in [2.75, 3.05) is 38.2 Å². The molecule has 0 aliphatic carbocycles. The number of rotatable bonds is 8. The number of morpholine rings is 1. The quantitative estimate of drug-likeness (QED) is 0.679. The first kappa shape index (κ1) is 22.6. The first-order valence-corrected chi connectivity index (χ1v) is 10.5. The van der Waals surface area contributed by atoms with E-state index in [1.165, 1.54) is 0 Å². The minimum absolute atomic E-state index is 0.139.